The van der Waals surface area contributed by atoms with Crippen LogP contribution in [0.15, 0.2) is 36.4 Å². The van der Waals surface area contributed by atoms with Gasteiger partial charge in [-0.15, -0.1) is 0 Å². The number of hydrogen-bond donors (Lipinski definition) is 2. The van der Waals surface area contributed by atoms with Crippen molar-refractivity contribution < 1.29 is 9.53 Å². The van der Waals surface area contributed by atoms with Crippen molar-refractivity contribution in [2.24, 2.45) is 11.7 Å². The highest BCUT2D eigenvalue weighted by Gasteiger charge is 2.22. The van der Waals surface area contributed by atoms with Gasteiger partial charge in [0, 0.05) is 12.6 Å². The molecule has 1 aliphatic rings. The zero-order valence-electron chi connectivity index (χ0n) is 10.4. The molecule has 0 radical (unpaired) electrons. The van der Waals surface area contributed by atoms with E-state index >= 15 is 0 Å². The van der Waals surface area contributed by atoms with Crippen LogP contribution < -0.4 is 15.8 Å². The maximum atomic E-state index is 11.8. The van der Waals surface area contributed by atoms with E-state index in [4.69, 9.17) is 10.5 Å². The van der Waals surface area contributed by atoms with Gasteiger partial charge in [-0.3, -0.25) is 4.79 Å². The molecule has 0 bridgehead atoms. The molecule has 0 saturated carbocycles. The third-order valence-electron chi connectivity index (χ3n) is 3.08. The molecule has 0 aliphatic heterocycles. The van der Waals surface area contributed by atoms with Gasteiger partial charge in [-0.1, -0.05) is 24.3 Å². The first-order valence-corrected chi connectivity index (χ1v) is 6.03. The van der Waals surface area contributed by atoms with Gasteiger partial charge in [0.1, 0.15) is 5.75 Å². The van der Waals surface area contributed by atoms with E-state index in [0.717, 1.165) is 11.3 Å². The molecule has 0 fully saturated rings. The average Bonchev–Trinajstić information content (AvgIpc) is 2.83. The first-order valence-electron chi connectivity index (χ1n) is 6.03. The van der Waals surface area contributed by atoms with Crippen molar-refractivity contribution >= 4 is 5.91 Å². The van der Waals surface area contributed by atoms with Crippen LogP contribution in [0.5, 0.6) is 5.75 Å². The molecule has 2 unspecified atom stereocenters. The molecule has 4 nitrogen and oxygen atoms in total. The summed E-state index contributed by atoms with van der Waals surface area (Å²) in [5, 5.41) is 2.91. The summed E-state index contributed by atoms with van der Waals surface area (Å²) in [4.78, 5) is 11.8. The lowest BCUT2D eigenvalue weighted by Crippen LogP contribution is -2.30. The number of carbonyl (C=O) groups excluding carboxylic acids is 1. The van der Waals surface area contributed by atoms with E-state index < -0.39 is 0 Å². The van der Waals surface area contributed by atoms with E-state index in [1.807, 2.05) is 36.4 Å². The molecule has 1 aromatic rings. The van der Waals surface area contributed by atoms with Gasteiger partial charge in [0.25, 0.3) is 0 Å². The van der Waals surface area contributed by atoms with Crippen molar-refractivity contribution in [3.05, 3.63) is 42.0 Å². The van der Waals surface area contributed by atoms with Crippen molar-refractivity contribution in [3.8, 4) is 5.75 Å². The Bertz CT molecular complexity index is 440. The van der Waals surface area contributed by atoms with Crippen molar-refractivity contribution in [2.45, 2.75) is 19.0 Å². The Kier molecular flexibility index (Phi) is 3.99. The van der Waals surface area contributed by atoms with Gasteiger partial charge in [-0.25, -0.2) is 0 Å². The van der Waals surface area contributed by atoms with Crippen LogP contribution >= 0.6 is 0 Å². The second-order valence-corrected chi connectivity index (χ2v) is 4.46. The molecular formula is C14H18N2O2. The minimum atomic E-state index is -0.0850. The average molecular weight is 246 g/mol. The highest BCUT2D eigenvalue weighted by Crippen LogP contribution is 2.16. The highest BCUT2D eigenvalue weighted by molar-refractivity contribution is 5.81. The number of hydrogen-bond acceptors (Lipinski definition) is 3. The van der Waals surface area contributed by atoms with Gasteiger partial charge in [-0.05, 0) is 24.1 Å². The van der Waals surface area contributed by atoms with E-state index in [1.54, 1.807) is 7.11 Å². The summed E-state index contributed by atoms with van der Waals surface area (Å²) in [7, 11) is 1.63. The molecule has 1 amide bonds. The number of rotatable bonds is 4. The lowest BCUT2D eigenvalue weighted by atomic mass is 10.1. The summed E-state index contributed by atoms with van der Waals surface area (Å²) in [5.74, 6) is 0.767. The van der Waals surface area contributed by atoms with Gasteiger partial charge < -0.3 is 15.8 Å². The van der Waals surface area contributed by atoms with Crippen LogP contribution in [0, 0.1) is 5.92 Å². The topological polar surface area (TPSA) is 64.3 Å². The Morgan fingerprint density at radius 1 is 1.39 bits per heavy atom. The van der Waals surface area contributed by atoms with Gasteiger partial charge in [0.15, 0.2) is 0 Å². The third kappa shape index (κ3) is 3.11. The van der Waals surface area contributed by atoms with Crippen LogP contribution in [-0.2, 0) is 11.3 Å². The molecule has 0 spiro atoms. The molecule has 4 heteroatoms. The molecule has 0 heterocycles. The van der Waals surface area contributed by atoms with Crippen LogP contribution in [0.4, 0.5) is 0 Å². The van der Waals surface area contributed by atoms with E-state index in [0.29, 0.717) is 13.0 Å². The van der Waals surface area contributed by atoms with Gasteiger partial charge >= 0.3 is 0 Å². The molecule has 0 aromatic heterocycles. The number of amides is 1. The van der Waals surface area contributed by atoms with Crippen LogP contribution in [0.3, 0.4) is 0 Å². The molecule has 96 valence electrons. The van der Waals surface area contributed by atoms with Crippen molar-refractivity contribution in [3.63, 3.8) is 0 Å². The quantitative estimate of drug-likeness (QED) is 0.785. The van der Waals surface area contributed by atoms with E-state index in [2.05, 4.69) is 5.32 Å². The Labute approximate surface area is 107 Å². The second-order valence-electron chi connectivity index (χ2n) is 4.46. The molecular weight excluding hydrogens is 228 g/mol. The van der Waals surface area contributed by atoms with Crippen molar-refractivity contribution in [1.29, 1.82) is 0 Å². The summed E-state index contributed by atoms with van der Waals surface area (Å²) in [6, 6.07) is 7.66. The van der Waals surface area contributed by atoms with E-state index in [9.17, 15) is 4.79 Å². The Balaban J connectivity index is 1.83. The molecule has 18 heavy (non-hydrogen) atoms. The van der Waals surface area contributed by atoms with Gasteiger partial charge in [0.2, 0.25) is 5.91 Å². The molecule has 1 aliphatic carbocycles. The highest BCUT2D eigenvalue weighted by atomic mass is 16.5. The maximum absolute atomic E-state index is 11.8. The van der Waals surface area contributed by atoms with Crippen molar-refractivity contribution in [2.75, 3.05) is 7.11 Å². The number of nitrogens with one attached hydrogen (secondary N) is 1. The van der Waals surface area contributed by atoms with Crippen molar-refractivity contribution in [1.82, 2.24) is 5.32 Å². The zero-order valence-corrected chi connectivity index (χ0v) is 10.4. The minimum Gasteiger partial charge on any atom is -0.497 e. The predicted molar refractivity (Wildman–Crippen MR) is 70.1 cm³/mol. The first-order chi connectivity index (χ1) is 8.69. The summed E-state index contributed by atoms with van der Waals surface area (Å²) >= 11 is 0. The smallest absolute Gasteiger partial charge is 0.227 e. The number of benzene rings is 1. The predicted octanol–water partition coefficient (Wildman–Crippen LogP) is 1.21. The maximum Gasteiger partial charge on any atom is 0.227 e. The summed E-state index contributed by atoms with van der Waals surface area (Å²) in [6.45, 7) is 0.530. The minimum absolute atomic E-state index is 0.0155. The normalized spacial score (nSPS) is 21.9. The Hall–Kier alpha value is -1.81. The lowest BCUT2D eigenvalue weighted by molar-refractivity contribution is -0.123. The number of ether oxygens (including phenoxy) is 1. The summed E-state index contributed by atoms with van der Waals surface area (Å²) in [6.07, 6.45) is 4.47. The van der Waals surface area contributed by atoms with Crippen LogP contribution in [0.1, 0.15) is 12.0 Å². The molecule has 2 rings (SSSR count). The monoisotopic (exact) mass is 246 g/mol. The molecule has 0 saturated heterocycles. The number of methoxy groups -OCH3 is 1. The third-order valence-corrected chi connectivity index (χ3v) is 3.08. The fourth-order valence-electron chi connectivity index (χ4n) is 1.99. The standard InChI is InChI=1S/C14H18N2O2/c1-18-13-6-2-10(3-7-13)9-16-14(17)11-4-5-12(15)8-11/h2-7,11-12H,8-9,15H2,1H3,(H,16,17). The van der Waals surface area contributed by atoms with E-state index in [-0.39, 0.29) is 17.9 Å². The zero-order chi connectivity index (χ0) is 13.0. The second kappa shape index (κ2) is 5.69. The SMILES string of the molecule is COc1ccc(CNC(=O)C2C=CC(N)C2)cc1. The Morgan fingerprint density at radius 3 is 2.67 bits per heavy atom. The summed E-state index contributed by atoms with van der Waals surface area (Å²) in [5.41, 5.74) is 6.77. The van der Waals surface area contributed by atoms with Crippen LogP contribution in [0.2, 0.25) is 0 Å². The fourth-order valence-corrected chi connectivity index (χ4v) is 1.99. The molecule has 2 atom stereocenters. The largest absolute Gasteiger partial charge is 0.497 e. The number of nitrogens with two attached hydrogens (primary N) is 1. The fraction of sp³-hybridized carbons (Fsp3) is 0.357. The molecule has 1 aromatic carbocycles. The van der Waals surface area contributed by atoms with Gasteiger partial charge in [0.05, 0.1) is 13.0 Å². The Morgan fingerprint density at radius 2 is 2.11 bits per heavy atom. The van der Waals surface area contributed by atoms with Gasteiger partial charge in [-0.2, -0.15) is 0 Å². The van der Waals surface area contributed by atoms with E-state index in [1.165, 1.54) is 0 Å². The van der Waals surface area contributed by atoms with Crippen LogP contribution in [0.25, 0.3) is 0 Å². The molecule has 3 N–H and O–H groups in total. The number of carbonyl (C=O) groups is 1. The first kappa shape index (κ1) is 12.6. The summed E-state index contributed by atoms with van der Waals surface area (Å²) < 4.78 is 5.08. The van der Waals surface area contributed by atoms with Crippen LogP contribution in [-0.4, -0.2) is 19.1 Å². The lowest BCUT2D eigenvalue weighted by Gasteiger charge is -2.10.